The van der Waals surface area contributed by atoms with Crippen molar-refractivity contribution in [1.29, 1.82) is 0 Å². The molecule has 7 nitrogen and oxygen atoms in total. The van der Waals surface area contributed by atoms with Crippen LogP contribution in [0.1, 0.15) is 20.3 Å². The maximum absolute atomic E-state index is 11.7. The Morgan fingerprint density at radius 3 is 2.78 bits per heavy atom. The third-order valence-electron chi connectivity index (χ3n) is 3.17. The van der Waals surface area contributed by atoms with E-state index in [9.17, 15) is 19.8 Å². The van der Waals surface area contributed by atoms with Crippen LogP contribution in [-0.2, 0) is 10.5 Å². The molecule has 3 N–H and O–H groups in total. The molecule has 0 spiro atoms. The lowest BCUT2D eigenvalue weighted by Gasteiger charge is -2.27. The van der Waals surface area contributed by atoms with Crippen molar-refractivity contribution in [3.05, 3.63) is 33.1 Å². The first kappa shape index (κ1) is 13.0. The quantitative estimate of drug-likeness (QED) is 0.612. The summed E-state index contributed by atoms with van der Waals surface area (Å²) in [5.74, 6) is 0. The Balaban J connectivity index is 2.39. The van der Waals surface area contributed by atoms with Gasteiger partial charge in [0, 0.05) is 18.7 Å². The number of H-pyrrole nitrogens is 1. The molecule has 100 valence electrons. The Hall–Kier alpha value is -1.44. The Bertz CT molecular complexity index is 549. The number of nitrogens with zero attached hydrogens (tertiary/aromatic N) is 1. The molecule has 1 aromatic rings. The van der Waals surface area contributed by atoms with Crippen LogP contribution < -0.4 is 11.2 Å². The first-order chi connectivity index (χ1) is 8.33. The molecule has 2 rings (SSSR count). The van der Waals surface area contributed by atoms with Gasteiger partial charge in [-0.25, -0.2) is 4.79 Å². The van der Waals surface area contributed by atoms with Gasteiger partial charge in [0.05, 0.1) is 12.2 Å². The summed E-state index contributed by atoms with van der Waals surface area (Å²) < 4.78 is 6.78. The first-order valence-corrected chi connectivity index (χ1v) is 5.70. The van der Waals surface area contributed by atoms with E-state index in [1.807, 2.05) is 0 Å². The molecular weight excluding hydrogens is 240 g/mol. The summed E-state index contributed by atoms with van der Waals surface area (Å²) in [5.41, 5.74) is -2.18. The van der Waals surface area contributed by atoms with Gasteiger partial charge in [0.1, 0.15) is 11.8 Å². The molecule has 7 heteroatoms. The summed E-state index contributed by atoms with van der Waals surface area (Å²) in [6.45, 7) is 3.13. The number of rotatable bonds is 2. The Labute approximate surface area is 103 Å². The lowest BCUT2D eigenvalue weighted by molar-refractivity contribution is -0.128. The number of ether oxygens (including phenoxy) is 1. The molecule has 1 aromatic heterocycles. The van der Waals surface area contributed by atoms with E-state index in [2.05, 4.69) is 4.98 Å². The van der Waals surface area contributed by atoms with Gasteiger partial charge in [-0.2, -0.15) is 0 Å². The van der Waals surface area contributed by atoms with Crippen LogP contribution in [0.25, 0.3) is 0 Å². The van der Waals surface area contributed by atoms with Crippen molar-refractivity contribution in [2.24, 2.45) is 0 Å². The van der Waals surface area contributed by atoms with Crippen molar-refractivity contribution in [3.8, 4) is 0 Å². The molecule has 4 atom stereocenters. The van der Waals surface area contributed by atoms with Crippen molar-refractivity contribution in [3.63, 3.8) is 0 Å². The van der Waals surface area contributed by atoms with Crippen molar-refractivity contribution >= 4 is 0 Å². The summed E-state index contributed by atoms with van der Waals surface area (Å²) in [5, 5.41) is 19.3. The van der Waals surface area contributed by atoms with E-state index in [0.717, 1.165) is 0 Å². The number of hydrogen-bond donors (Lipinski definition) is 3. The molecule has 0 aliphatic carbocycles. The van der Waals surface area contributed by atoms with Crippen LogP contribution in [0.3, 0.4) is 0 Å². The largest absolute Gasteiger partial charge is 0.391 e. The number of nitrogens with one attached hydrogen (secondary N) is 1. The van der Waals surface area contributed by atoms with Gasteiger partial charge < -0.3 is 14.9 Å². The maximum atomic E-state index is 11.7. The van der Waals surface area contributed by atoms with Crippen LogP contribution in [0.5, 0.6) is 0 Å². The Morgan fingerprint density at radius 1 is 1.61 bits per heavy atom. The standard InChI is InChI=1S/C11H16N2O5/c1-6(14)9-7(15)5-11(2,18-9)13-4-3-8(16)12-10(13)17/h3-4,6-7,9,14-15H,5H2,1-2H3,(H,12,16,17). The van der Waals surface area contributed by atoms with Gasteiger partial charge in [-0.15, -0.1) is 0 Å². The molecule has 0 radical (unpaired) electrons. The van der Waals surface area contributed by atoms with Crippen LogP contribution in [0.4, 0.5) is 0 Å². The average molecular weight is 256 g/mol. The minimum absolute atomic E-state index is 0.161. The number of aliphatic hydroxyl groups excluding tert-OH is 2. The summed E-state index contributed by atoms with van der Waals surface area (Å²) in [4.78, 5) is 24.8. The molecule has 18 heavy (non-hydrogen) atoms. The molecule has 2 heterocycles. The monoisotopic (exact) mass is 256 g/mol. The van der Waals surface area contributed by atoms with E-state index in [-0.39, 0.29) is 6.42 Å². The van der Waals surface area contributed by atoms with Crippen LogP contribution in [-0.4, -0.2) is 38.1 Å². The maximum Gasteiger partial charge on any atom is 0.330 e. The second kappa shape index (κ2) is 4.34. The molecular formula is C11H16N2O5. The fourth-order valence-electron chi connectivity index (χ4n) is 2.29. The predicted molar refractivity (Wildman–Crippen MR) is 62.1 cm³/mol. The lowest BCUT2D eigenvalue weighted by Crippen LogP contribution is -2.42. The summed E-state index contributed by atoms with van der Waals surface area (Å²) in [6, 6.07) is 1.21. The number of aliphatic hydroxyl groups is 2. The molecule has 1 aliphatic heterocycles. The molecule has 0 aromatic carbocycles. The Morgan fingerprint density at radius 2 is 2.28 bits per heavy atom. The molecule has 0 saturated carbocycles. The SMILES string of the molecule is CC(O)C1OC(C)(n2ccc(=O)[nH]c2=O)CC1O. The molecule has 0 amide bonds. The molecule has 1 aliphatic rings. The Kier molecular flexibility index (Phi) is 3.14. The zero-order valence-corrected chi connectivity index (χ0v) is 10.2. The van der Waals surface area contributed by atoms with Crippen LogP contribution in [0, 0.1) is 0 Å². The van der Waals surface area contributed by atoms with E-state index in [1.165, 1.54) is 23.8 Å². The number of aromatic nitrogens is 2. The van der Waals surface area contributed by atoms with Gasteiger partial charge in [0.2, 0.25) is 0 Å². The molecule has 4 unspecified atom stereocenters. The second-order valence-electron chi connectivity index (χ2n) is 4.75. The average Bonchev–Trinajstić information content (AvgIpc) is 2.54. The van der Waals surface area contributed by atoms with Crippen molar-refractivity contribution in [2.75, 3.05) is 0 Å². The van der Waals surface area contributed by atoms with Gasteiger partial charge in [-0.1, -0.05) is 0 Å². The van der Waals surface area contributed by atoms with Crippen LogP contribution >= 0.6 is 0 Å². The zero-order chi connectivity index (χ0) is 13.5. The van der Waals surface area contributed by atoms with Gasteiger partial charge in [-0.3, -0.25) is 14.3 Å². The van der Waals surface area contributed by atoms with E-state index in [1.54, 1.807) is 6.92 Å². The highest BCUT2D eigenvalue weighted by atomic mass is 16.6. The van der Waals surface area contributed by atoms with E-state index in [0.29, 0.717) is 0 Å². The van der Waals surface area contributed by atoms with Gasteiger partial charge in [0.25, 0.3) is 5.56 Å². The van der Waals surface area contributed by atoms with Crippen LogP contribution in [0.2, 0.25) is 0 Å². The third-order valence-corrected chi connectivity index (χ3v) is 3.17. The highest BCUT2D eigenvalue weighted by Crippen LogP contribution is 2.34. The topological polar surface area (TPSA) is 105 Å². The summed E-state index contributed by atoms with van der Waals surface area (Å²) in [6.07, 6.45) is -0.991. The number of aromatic amines is 1. The van der Waals surface area contributed by atoms with Gasteiger partial charge in [0.15, 0.2) is 0 Å². The fraction of sp³-hybridized carbons (Fsp3) is 0.636. The van der Waals surface area contributed by atoms with E-state index < -0.39 is 35.3 Å². The van der Waals surface area contributed by atoms with Gasteiger partial charge in [-0.05, 0) is 13.8 Å². The fourth-order valence-corrected chi connectivity index (χ4v) is 2.29. The van der Waals surface area contributed by atoms with Crippen molar-refractivity contribution in [1.82, 2.24) is 9.55 Å². The second-order valence-corrected chi connectivity index (χ2v) is 4.75. The lowest BCUT2D eigenvalue weighted by atomic mass is 10.1. The highest BCUT2D eigenvalue weighted by molar-refractivity contribution is 4.95. The minimum Gasteiger partial charge on any atom is -0.391 e. The van der Waals surface area contributed by atoms with Crippen molar-refractivity contribution < 1.29 is 14.9 Å². The summed E-state index contributed by atoms with van der Waals surface area (Å²) in [7, 11) is 0. The zero-order valence-electron chi connectivity index (χ0n) is 10.2. The van der Waals surface area contributed by atoms with Crippen molar-refractivity contribution in [2.45, 2.75) is 44.3 Å². The summed E-state index contributed by atoms with van der Waals surface area (Å²) >= 11 is 0. The third kappa shape index (κ3) is 2.12. The number of hydrogen-bond acceptors (Lipinski definition) is 5. The molecule has 1 fully saturated rings. The van der Waals surface area contributed by atoms with E-state index in [4.69, 9.17) is 4.74 Å². The minimum atomic E-state index is -1.08. The van der Waals surface area contributed by atoms with Gasteiger partial charge >= 0.3 is 5.69 Å². The van der Waals surface area contributed by atoms with Crippen LogP contribution in [0.15, 0.2) is 21.9 Å². The smallest absolute Gasteiger partial charge is 0.330 e. The van der Waals surface area contributed by atoms with E-state index >= 15 is 0 Å². The first-order valence-electron chi connectivity index (χ1n) is 5.70. The normalized spacial score (nSPS) is 33.6. The predicted octanol–water partition coefficient (Wildman–Crippen LogP) is -1.26. The molecule has 0 bridgehead atoms. The highest BCUT2D eigenvalue weighted by Gasteiger charge is 2.46. The molecule has 1 saturated heterocycles.